The Morgan fingerprint density at radius 1 is 0.333 bits per heavy atom. The second-order valence-electron chi connectivity index (χ2n) is 17.3. The average Bonchev–Trinajstić information content (AvgIpc) is 4.05. The minimum atomic E-state index is -0.591. The zero-order valence-electron chi connectivity index (χ0n) is 35.6. The highest BCUT2D eigenvalue weighted by atomic mass is 16.5. The van der Waals surface area contributed by atoms with Gasteiger partial charge in [0.1, 0.15) is 23.1 Å². The number of ether oxygens (including phenoxy) is 1. The van der Waals surface area contributed by atoms with Crippen LogP contribution in [0.1, 0.15) is 22.3 Å². The molecule has 1 aliphatic heterocycles. The first-order chi connectivity index (χ1) is 32.7. The van der Waals surface area contributed by atoms with Crippen molar-refractivity contribution in [1.29, 1.82) is 0 Å². The molecular formula is C61H38N4O. The first-order valence-electron chi connectivity index (χ1n) is 22.5. The number of nitrogens with zero attached hydrogens (tertiary/aromatic N) is 4. The maximum absolute atomic E-state index is 6.70. The Kier molecular flexibility index (Phi) is 7.83. The molecule has 0 unspecified atom stereocenters. The fraction of sp³-hybridized carbons (Fsp3) is 0.0164. The van der Waals surface area contributed by atoms with Crippen molar-refractivity contribution < 1.29 is 4.74 Å². The summed E-state index contributed by atoms with van der Waals surface area (Å²) in [6.07, 6.45) is 0. The maximum Gasteiger partial charge on any atom is 0.145 e. The molecule has 2 aromatic heterocycles. The third-order valence-corrected chi connectivity index (χ3v) is 13.7. The summed E-state index contributed by atoms with van der Waals surface area (Å²) in [5.41, 5.74) is 16.9. The molecule has 0 bridgehead atoms. The van der Waals surface area contributed by atoms with E-state index in [1.165, 1.54) is 33.0 Å². The van der Waals surface area contributed by atoms with Gasteiger partial charge in [-0.1, -0.05) is 133 Å². The van der Waals surface area contributed by atoms with Crippen molar-refractivity contribution in [2.75, 3.05) is 0 Å². The van der Waals surface area contributed by atoms with Crippen LogP contribution in [0.5, 0.6) is 11.5 Å². The lowest BCUT2D eigenvalue weighted by Gasteiger charge is -2.39. The zero-order chi connectivity index (χ0) is 43.3. The molecule has 14 rings (SSSR count). The lowest BCUT2D eigenvalue weighted by atomic mass is 9.66. The van der Waals surface area contributed by atoms with Crippen molar-refractivity contribution in [3.05, 3.63) is 253 Å². The lowest BCUT2D eigenvalue weighted by Crippen LogP contribution is -2.32. The van der Waals surface area contributed by atoms with E-state index >= 15 is 0 Å². The van der Waals surface area contributed by atoms with Crippen molar-refractivity contribution in [1.82, 2.24) is 19.1 Å². The van der Waals surface area contributed by atoms with Crippen LogP contribution in [0.4, 0.5) is 0 Å². The van der Waals surface area contributed by atoms with Gasteiger partial charge in [-0.3, -0.25) is 9.13 Å². The quantitative estimate of drug-likeness (QED) is 0.173. The number of rotatable bonds is 5. The molecule has 1 spiro atoms. The van der Waals surface area contributed by atoms with E-state index < -0.39 is 5.41 Å². The molecule has 0 atom stereocenters. The van der Waals surface area contributed by atoms with Gasteiger partial charge in [0, 0.05) is 33.6 Å². The molecule has 0 fully saturated rings. The summed E-state index contributed by atoms with van der Waals surface area (Å²) in [6, 6.07) is 82.6. The summed E-state index contributed by atoms with van der Waals surface area (Å²) in [5, 5.41) is 2.42. The van der Waals surface area contributed by atoms with Gasteiger partial charge in [-0.15, -0.1) is 0 Å². The van der Waals surface area contributed by atoms with Gasteiger partial charge in [0.05, 0.1) is 27.5 Å². The fourth-order valence-corrected chi connectivity index (χ4v) is 10.9. The van der Waals surface area contributed by atoms with Crippen molar-refractivity contribution in [3.8, 4) is 67.9 Å². The molecule has 3 heterocycles. The van der Waals surface area contributed by atoms with Crippen LogP contribution in [0.2, 0.25) is 0 Å². The first-order valence-corrected chi connectivity index (χ1v) is 22.5. The Morgan fingerprint density at radius 2 is 0.803 bits per heavy atom. The molecule has 10 aromatic carbocycles. The van der Waals surface area contributed by atoms with Gasteiger partial charge in [-0.05, 0) is 141 Å². The lowest BCUT2D eigenvalue weighted by molar-refractivity contribution is 0.436. The van der Waals surface area contributed by atoms with E-state index in [9.17, 15) is 0 Å². The summed E-state index contributed by atoms with van der Waals surface area (Å²) >= 11 is 0. The second-order valence-corrected chi connectivity index (χ2v) is 17.3. The second kappa shape index (κ2) is 14.1. The largest absolute Gasteiger partial charge is 0.457 e. The molecule has 5 nitrogen and oxygen atoms in total. The van der Waals surface area contributed by atoms with Crippen LogP contribution in [0, 0.1) is 0 Å². The number of imidazole rings is 2. The summed E-state index contributed by atoms with van der Waals surface area (Å²) in [5.74, 6) is 3.49. The minimum absolute atomic E-state index is 0.591. The summed E-state index contributed by atoms with van der Waals surface area (Å²) < 4.78 is 11.3. The Hall–Kier alpha value is -8.80. The minimum Gasteiger partial charge on any atom is -0.457 e. The van der Waals surface area contributed by atoms with E-state index in [-0.39, 0.29) is 0 Å². The molecule has 308 valence electrons. The number of para-hydroxylation sites is 8. The molecular weight excluding hydrogens is 805 g/mol. The van der Waals surface area contributed by atoms with E-state index in [0.717, 1.165) is 90.0 Å². The normalized spacial score (nSPS) is 13.1. The van der Waals surface area contributed by atoms with Crippen LogP contribution in [0.3, 0.4) is 0 Å². The monoisotopic (exact) mass is 842 g/mol. The highest BCUT2D eigenvalue weighted by molar-refractivity contribution is 5.98. The van der Waals surface area contributed by atoms with Gasteiger partial charge in [0.15, 0.2) is 0 Å². The van der Waals surface area contributed by atoms with E-state index in [1.807, 2.05) is 0 Å². The molecule has 0 saturated heterocycles. The Morgan fingerprint density at radius 3 is 1.39 bits per heavy atom. The number of hydrogen-bond acceptors (Lipinski definition) is 3. The zero-order valence-corrected chi connectivity index (χ0v) is 35.6. The third-order valence-electron chi connectivity index (χ3n) is 13.7. The van der Waals surface area contributed by atoms with Crippen molar-refractivity contribution >= 4 is 32.8 Å². The molecule has 1 aliphatic carbocycles. The van der Waals surface area contributed by atoms with Crippen LogP contribution >= 0.6 is 0 Å². The van der Waals surface area contributed by atoms with Crippen molar-refractivity contribution in [3.63, 3.8) is 0 Å². The van der Waals surface area contributed by atoms with Crippen molar-refractivity contribution in [2.24, 2.45) is 0 Å². The smallest absolute Gasteiger partial charge is 0.145 e. The predicted octanol–water partition coefficient (Wildman–Crippen LogP) is 15.0. The SMILES string of the molecule is c1ccc(-n2c(-c3cc(-c4ccc5c(c4)-c4cc6ccccc6cc4C54c5ccccc5Oc5ccccc54)cc(-c4nc5ccccc5n4-c4ccccc4)c3)nc3ccccc32)cc1. The molecule has 0 N–H and O–H groups in total. The number of hydrogen-bond donors (Lipinski definition) is 0. The van der Waals surface area contributed by atoms with Gasteiger partial charge in [0.25, 0.3) is 0 Å². The Bertz CT molecular complexity index is 3740. The fourth-order valence-electron chi connectivity index (χ4n) is 10.9. The Labute approximate surface area is 381 Å². The predicted molar refractivity (Wildman–Crippen MR) is 267 cm³/mol. The van der Waals surface area contributed by atoms with Crippen LogP contribution in [0.25, 0.3) is 89.2 Å². The topological polar surface area (TPSA) is 44.9 Å². The Balaban J connectivity index is 1.06. The van der Waals surface area contributed by atoms with Gasteiger partial charge < -0.3 is 4.74 Å². The molecule has 5 heteroatoms. The van der Waals surface area contributed by atoms with Crippen LogP contribution in [-0.2, 0) is 5.41 Å². The summed E-state index contributed by atoms with van der Waals surface area (Å²) in [4.78, 5) is 10.8. The van der Waals surface area contributed by atoms with E-state index in [2.05, 4.69) is 240 Å². The molecule has 0 saturated carbocycles. The highest BCUT2D eigenvalue weighted by Crippen LogP contribution is 2.63. The molecule has 66 heavy (non-hydrogen) atoms. The molecule has 0 amide bonds. The van der Waals surface area contributed by atoms with Gasteiger partial charge in [0.2, 0.25) is 0 Å². The number of aromatic nitrogens is 4. The average molecular weight is 843 g/mol. The molecule has 2 aliphatic rings. The number of benzene rings is 10. The summed E-state index contributed by atoms with van der Waals surface area (Å²) in [7, 11) is 0. The van der Waals surface area contributed by atoms with E-state index in [4.69, 9.17) is 14.7 Å². The van der Waals surface area contributed by atoms with Crippen LogP contribution in [0.15, 0.2) is 231 Å². The standard InChI is InChI=1S/C61H38N4O/c1-3-19-45(20-4-1)64-55-27-13-11-25-53(55)62-59(64)43-33-42(34-44(35-43)60-63-54-26-12-14-28-56(54)65(60)46-21-5-2-6-22-46)41-31-32-49-47(37-41)48-36-39-17-7-8-18-40(39)38-52(48)61(49)50-23-9-15-29-57(50)66-58-30-16-10-24-51(58)61/h1-38H. The molecule has 0 radical (unpaired) electrons. The molecule has 12 aromatic rings. The third kappa shape index (κ3) is 5.28. The van der Waals surface area contributed by atoms with Gasteiger partial charge in [-0.25, -0.2) is 9.97 Å². The van der Waals surface area contributed by atoms with Crippen LogP contribution < -0.4 is 4.74 Å². The number of fused-ring (bicyclic) bond motifs is 12. The van der Waals surface area contributed by atoms with E-state index in [0.29, 0.717) is 0 Å². The highest BCUT2D eigenvalue weighted by Gasteiger charge is 2.51. The first kappa shape index (κ1) is 36.7. The van der Waals surface area contributed by atoms with Crippen LogP contribution in [-0.4, -0.2) is 19.1 Å². The van der Waals surface area contributed by atoms with Crippen molar-refractivity contribution in [2.45, 2.75) is 5.41 Å². The maximum atomic E-state index is 6.70. The van der Waals surface area contributed by atoms with E-state index in [1.54, 1.807) is 0 Å². The van der Waals surface area contributed by atoms with Gasteiger partial charge in [-0.2, -0.15) is 0 Å². The summed E-state index contributed by atoms with van der Waals surface area (Å²) in [6.45, 7) is 0. The van der Waals surface area contributed by atoms with Gasteiger partial charge >= 0.3 is 0 Å².